The molecule has 0 amide bonds. The van der Waals surface area contributed by atoms with Crippen LogP contribution in [0.1, 0.15) is 68.3 Å². The van der Waals surface area contributed by atoms with E-state index in [0.717, 1.165) is 43.3 Å². The van der Waals surface area contributed by atoms with E-state index in [1.165, 1.54) is 56.9 Å². The van der Waals surface area contributed by atoms with E-state index in [0.29, 0.717) is 30.8 Å². The van der Waals surface area contributed by atoms with Crippen molar-refractivity contribution < 1.29 is 17.9 Å². The Bertz CT molecular complexity index is 925. The Morgan fingerprint density at radius 2 is 1.27 bits per heavy atom. The van der Waals surface area contributed by atoms with Gasteiger partial charge in [0.25, 0.3) is 0 Å². The number of benzene rings is 1. The standard InChI is InChI=1S/C28H41N5O.2ClH.Mn/c1-2-8-21(9-3-1)20-34-28-15-14-22-18-31-25-12-6-4-10-23(25)29-16-17-30-24-11-5-7-13-26(24)32-19-27(28)33-22;;;/h1-3,8-9,14-15,23-26,29-32H,4-7,10-13,16-20H2;2*1H;/q;;;+2/p-2/t23-,24-,25-,26-;;;/m1.../s1. The fourth-order valence-corrected chi connectivity index (χ4v) is 5.84. The van der Waals surface area contributed by atoms with Gasteiger partial charge in [0.2, 0.25) is 0 Å². The van der Waals surface area contributed by atoms with Gasteiger partial charge in [0.05, 0.1) is 11.4 Å². The monoisotopic (exact) mass is 588 g/mol. The summed E-state index contributed by atoms with van der Waals surface area (Å²) in [6.45, 7) is 4.18. The van der Waals surface area contributed by atoms with E-state index in [-0.39, 0.29) is 13.1 Å². The third-order valence-electron chi connectivity index (χ3n) is 7.77. The molecule has 2 aromatic rings. The van der Waals surface area contributed by atoms with E-state index >= 15 is 0 Å². The summed E-state index contributed by atoms with van der Waals surface area (Å²) in [5.74, 6) is 0.891. The molecule has 3 aliphatic rings. The zero-order chi connectivity index (χ0) is 25.7. The minimum absolute atomic E-state index is 0.00694. The van der Waals surface area contributed by atoms with Gasteiger partial charge in [0.15, 0.2) is 0 Å². The van der Waals surface area contributed by atoms with Crippen LogP contribution in [0.5, 0.6) is 5.75 Å². The van der Waals surface area contributed by atoms with E-state index in [9.17, 15) is 0 Å². The molecule has 1 aromatic carbocycles. The summed E-state index contributed by atoms with van der Waals surface area (Å²) in [6, 6.07) is 16.7. The van der Waals surface area contributed by atoms with Crippen molar-refractivity contribution in [3.05, 3.63) is 59.4 Å². The number of ether oxygens (including phenoxy) is 1. The number of nitrogens with one attached hydrogen (secondary N) is 4. The number of aromatic nitrogens is 1. The number of rotatable bonds is 3. The van der Waals surface area contributed by atoms with Crippen LogP contribution in [0.3, 0.4) is 0 Å². The van der Waals surface area contributed by atoms with Crippen LogP contribution in [0.15, 0.2) is 42.5 Å². The molecular weight excluding hydrogens is 548 g/mol. The molecule has 2 aliphatic carbocycles. The molecule has 0 unspecified atom stereocenters. The molecule has 2 bridgehead atoms. The first kappa shape index (κ1) is 29.1. The molecular formula is C28H41Cl2MnN5O. The minimum Gasteiger partial charge on any atom is -0.487 e. The first-order valence-corrected chi connectivity index (χ1v) is 17.0. The van der Waals surface area contributed by atoms with Crippen molar-refractivity contribution >= 4 is 20.2 Å². The predicted molar refractivity (Wildman–Crippen MR) is 148 cm³/mol. The van der Waals surface area contributed by atoms with E-state index < -0.39 is 0 Å². The molecule has 4 N–H and O–H groups in total. The van der Waals surface area contributed by atoms with E-state index in [4.69, 9.17) is 29.9 Å². The van der Waals surface area contributed by atoms with Gasteiger partial charge in [0.1, 0.15) is 12.4 Å². The third kappa shape index (κ3) is 9.36. The molecule has 2 saturated carbocycles. The summed E-state index contributed by atoms with van der Waals surface area (Å²) in [5.41, 5.74) is 3.30. The number of hydrogen-bond acceptors (Lipinski definition) is 6. The second kappa shape index (κ2) is 16.3. The Hall–Kier alpha value is -0.891. The molecule has 4 atom stereocenters. The summed E-state index contributed by atoms with van der Waals surface area (Å²) >= 11 is 0.00694. The first-order chi connectivity index (χ1) is 18.3. The predicted octanol–water partition coefficient (Wildman–Crippen LogP) is 5.03. The van der Waals surface area contributed by atoms with Crippen LogP contribution in [0, 0.1) is 0 Å². The normalized spacial score (nSPS) is 26.8. The number of fused-ring (bicyclic) bond motifs is 4. The van der Waals surface area contributed by atoms with Gasteiger partial charge < -0.3 is 26.0 Å². The largest absolute Gasteiger partial charge is 0.487 e. The second-order valence-electron chi connectivity index (χ2n) is 10.2. The fourth-order valence-electron chi connectivity index (χ4n) is 5.84. The van der Waals surface area contributed by atoms with Crippen molar-refractivity contribution in [2.45, 2.75) is 95.2 Å². The quantitative estimate of drug-likeness (QED) is 0.377. The zero-order valence-electron chi connectivity index (χ0n) is 21.5. The summed E-state index contributed by atoms with van der Waals surface area (Å²) in [4.78, 5) is 5.08. The molecule has 2 fully saturated rings. The summed E-state index contributed by atoms with van der Waals surface area (Å²) in [6.07, 6.45) is 10.2. The van der Waals surface area contributed by atoms with Gasteiger partial charge in [-0.1, -0.05) is 56.0 Å². The Balaban J connectivity index is 0.00000102. The second-order valence-corrected chi connectivity index (χ2v) is 12.2. The molecule has 1 aromatic heterocycles. The maximum Gasteiger partial charge on any atom is 0.142 e. The molecule has 0 radical (unpaired) electrons. The van der Waals surface area contributed by atoms with E-state index in [1.807, 2.05) is 6.07 Å². The summed E-state index contributed by atoms with van der Waals surface area (Å²) in [7, 11) is 9.59. The Kier molecular flexibility index (Phi) is 12.8. The smallest absolute Gasteiger partial charge is 0.142 e. The summed E-state index contributed by atoms with van der Waals surface area (Å²) in [5, 5.41) is 15.4. The van der Waals surface area contributed by atoms with Gasteiger partial charge in [-0.15, -0.1) is 0 Å². The van der Waals surface area contributed by atoms with Crippen LogP contribution in [0.2, 0.25) is 0 Å². The zero-order valence-corrected chi connectivity index (χ0v) is 24.2. The van der Waals surface area contributed by atoms with Crippen LogP contribution in [0.4, 0.5) is 0 Å². The van der Waals surface area contributed by atoms with Crippen molar-refractivity contribution in [2.24, 2.45) is 0 Å². The van der Waals surface area contributed by atoms with Gasteiger partial charge in [-0.05, 0) is 43.4 Å². The fraction of sp³-hybridized carbons (Fsp3) is 0.607. The third-order valence-corrected chi connectivity index (χ3v) is 7.77. The average Bonchev–Trinajstić information content (AvgIpc) is 2.94. The molecule has 5 rings (SSSR count). The van der Waals surface area contributed by atoms with Crippen molar-refractivity contribution in [1.29, 1.82) is 0 Å². The molecule has 205 valence electrons. The van der Waals surface area contributed by atoms with Gasteiger partial charge in [-0.25, -0.2) is 0 Å². The molecule has 0 saturated heterocycles. The van der Waals surface area contributed by atoms with Crippen molar-refractivity contribution in [1.82, 2.24) is 26.3 Å². The molecule has 37 heavy (non-hydrogen) atoms. The molecule has 0 spiro atoms. The van der Waals surface area contributed by atoms with Crippen LogP contribution in [-0.4, -0.2) is 42.2 Å². The van der Waals surface area contributed by atoms with Crippen LogP contribution in [-0.2, 0) is 32.8 Å². The van der Waals surface area contributed by atoms with Gasteiger partial charge in [0, 0.05) is 50.3 Å². The van der Waals surface area contributed by atoms with Crippen LogP contribution in [0.25, 0.3) is 0 Å². The van der Waals surface area contributed by atoms with Crippen LogP contribution < -0.4 is 26.0 Å². The number of hydrogen-bond donors (Lipinski definition) is 4. The van der Waals surface area contributed by atoms with Crippen molar-refractivity contribution in [3.63, 3.8) is 0 Å². The van der Waals surface area contributed by atoms with Gasteiger partial charge in [-0.3, -0.25) is 4.98 Å². The number of halogens is 2. The van der Waals surface area contributed by atoms with Gasteiger partial charge >= 0.3 is 33.3 Å². The van der Waals surface area contributed by atoms with E-state index in [2.05, 4.69) is 57.7 Å². The number of pyridine rings is 1. The maximum atomic E-state index is 6.27. The van der Waals surface area contributed by atoms with Gasteiger partial charge in [-0.2, -0.15) is 0 Å². The first-order valence-electron chi connectivity index (χ1n) is 13.7. The minimum atomic E-state index is 0.00694. The molecule has 9 heteroatoms. The topological polar surface area (TPSA) is 70.2 Å². The number of nitrogens with zero attached hydrogens (tertiary/aromatic N) is 1. The molecule has 6 nitrogen and oxygen atoms in total. The summed E-state index contributed by atoms with van der Waals surface area (Å²) < 4.78 is 6.27. The van der Waals surface area contributed by atoms with Crippen molar-refractivity contribution in [2.75, 3.05) is 13.1 Å². The van der Waals surface area contributed by atoms with Crippen LogP contribution >= 0.6 is 20.2 Å². The Morgan fingerprint density at radius 1 is 0.730 bits per heavy atom. The Labute approximate surface area is 237 Å². The van der Waals surface area contributed by atoms with E-state index in [1.54, 1.807) is 0 Å². The SMILES string of the molecule is [Cl][Mn][Cl].c1ccc(COc2ccc3nc2CN[C@@H]2CCCC[C@H]2NCCN[C@@H]2CCCC[C@H]2NC3)cc1. The molecule has 1 aliphatic heterocycles. The van der Waals surface area contributed by atoms with Crippen molar-refractivity contribution in [3.8, 4) is 5.75 Å². The Morgan fingerprint density at radius 3 is 1.86 bits per heavy atom. The maximum absolute atomic E-state index is 6.27. The average molecular weight is 590 g/mol. The molecule has 2 heterocycles.